The number of rotatable bonds is 7. The van der Waals surface area contributed by atoms with Crippen molar-refractivity contribution in [2.75, 3.05) is 37.4 Å². The molecule has 0 spiro atoms. The largest absolute Gasteiger partial charge is 0.378 e. The van der Waals surface area contributed by atoms with Crippen LogP contribution in [0.25, 0.3) is 0 Å². The first-order chi connectivity index (χ1) is 11.5. The van der Waals surface area contributed by atoms with Gasteiger partial charge in [0.25, 0.3) is 5.91 Å². The van der Waals surface area contributed by atoms with Gasteiger partial charge in [0.2, 0.25) is 5.95 Å². The molecule has 0 bridgehead atoms. The van der Waals surface area contributed by atoms with Crippen molar-refractivity contribution in [1.82, 2.24) is 15.3 Å². The molecule has 2 N–H and O–H groups in total. The first kappa shape index (κ1) is 18.3. The molecule has 0 aliphatic carbocycles. The highest BCUT2D eigenvalue weighted by molar-refractivity contribution is 6.41. The Bertz CT molecular complexity index is 691. The summed E-state index contributed by atoms with van der Waals surface area (Å²) in [4.78, 5) is 22.0. The highest BCUT2D eigenvalue weighted by atomic mass is 35.5. The van der Waals surface area contributed by atoms with E-state index in [1.165, 1.54) is 6.20 Å². The lowest BCUT2D eigenvalue weighted by atomic mass is 10.2. The van der Waals surface area contributed by atoms with Gasteiger partial charge in [-0.25, -0.2) is 4.98 Å². The van der Waals surface area contributed by atoms with Crippen molar-refractivity contribution in [3.05, 3.63) is 46.2 Å². The summed E-state index contributed by atoms with van der Waals surface area (Å²) >= 11 is 11.6. The van der Waals surface area contributed by atoms with Crippen LogP contribution in [0.5, 0.6) is 0 Å². The molecule has 0 radical (unpaired) electrons. The number of carbonyl (C=O) groups excluding carboxylic acids is 1. The minimum absolute atomic E-state index is 0.0916. The molecule has 24 heavy (non-hydrogen) atoms. The molecule has 2 rings (SSSR count). The van der Waals surface area contributed by atoms with Gasteiger partial charge in [0.1, 0.15) is 0 Å². The number of nitrogens with zero attached hydrogens (tertiary/aromatic N) is 3. The van der Waals surface area contributed by atoms with Gasteiger partial charge >= 0.3 is 0 Å². The van der Waals surface area contributed by atoms with Gasteiger partial charge in [-0.3, -0.25) is 4.79 Å². The fourth-order valence-electron chi connectivity index (χ4n) is 1.94. The quantitative estimate of drug-likeness (QED) is 0.581. The smallest absolute Gasteiger partial charge is 0.251 e. The van der Waals surface area contributed by atoms with Crippen LogP contribution in [0.2, 0.25) is 10.2 Å². The average Bonchev–Trinajstić information content (AvgIpc) is 2.57. The summed E-state index contributed by atoms with van der Waals surface area (Å²) in [5.74, 6) is 0.320. The molecule has 0 atom stereocenters. The van der Waals surface area contributed by atoms with E-state index >= 15 is 0 Å². The second-order valence-corrected chi connectivity index (χ2v) is 6.08. The maximum atomic E-state index is 12.0. The standard InChI is InChI=1S/C16H19Cl2N5O/c1-23(2)12-6-4-11(5-7-12)15(24)19-8-3-9-20-16-21-10-13(17)14(18)22-16/h4-7,10H,3,8-9H2,1-2H3,(H,19,24)(H,20,21,22). The number of aromatic nitrogens is 2. The Morgan fingerprint density at radius 1 is 1.17 bits per heavy atom. The maximum absolute atomic E-state index is 12.0. The van der Waals surface area contributed by atoms with Crippen LogP contribution < -0.4 is 15.5 Å². The minimum Gasteiger partial charge on any atom is -0.378 e. The van der Waals surface area contributed by atoms with Gasteiger partial charge in [0.15, 0.2) is 5.15 Å². The Kier molecular flexibility index (Phi) is 6.63. The third kappa shape index (κ3) is 5.25. The minimum atomic E-state index is -0.0916. The van der Waals surface area contributed by atoms with Gasteiger partial charge < -0.3 is 15.5 Å². The molecule has 1 amide bonds. The summed E-state index contributed by atoms with van der Waals surface area (Å²) in [5, 5.41) is 6.42. The maximum Gasteiger partial charge on any atom is 0.251 e. The number of benzene rings is 1. The van der Waals surface area contributed by atoms with Crippen LogP contribution in [0.4, 0.5) is 11.6 Å². The zero-order chi connectivity index (χ0) is 17.5. The second-order valence-electron chi connectivity index (χ2n) is 5.31. The molecule has 0 aliphatic rings. The summed E-state index contributed by atoms with van der Waals surface area (Å²) in [5.41, 5.74) is 1.69. The number of hydrogen-bond acceptors (Lipinski definition) is 5. The summed E-state index contributed by atoms with van der Waals surface area (Å²) in [6.07, 6.45) is 2.17. The molecule has 2 aromatic rings. The predicted octanol–water partition coefficient (Wildman–Crippen LogP) is 3.08. The molecule has 1 aromatic heterocycles. The van der Waals surface area contributed by atoms with E-state index in [1.54, 1.807) is 0 Å². The third-order valence-corrected chi connectivity index (χ3v) is 3.93. The van der Waals surface area contributed by atoms with Crippen LogP contribution in [0.15, 0.2) is 30.5 Å². The normalized spacial score (nSPS) is 10.3. The lowest BCUT2D eigenvalue weighted by molar-refractivity contribution is 0.0953. The third-order valence-electron chi connectivity index (χ3n) is 3.27. The summed E-state index contributed by atoms with van der Waals surface area (Å²) in [6, 6.07) is 7.45. The van der Waals surface area contributed by atoms with E-state index in [1.807, 2.05) is 43.3 Å². The van der Waals surface area contributed by atoms with Gasteiger partial charge in [-0.05, 0) is 30.7 Å². The topological polar surface area (TPSA) is 70.2 Å². The van der Waals surface area contributed by atoms with Crippen molar-refractivity contribution in [2.24, 2.45) is 0 Å². The number of halogens is 2. The van der Waals surface area contributed by atoms with Gasteiger partial charge in [-0.1, -0.05) is 23.2 Å². The molecule has 0 aliphatic heterocycles. The van der Waals surface area contributed by atoms with Crippen molar-refractivity contribution in [3.8, 4) is 0 Å². The Hall–Kier alpha value is -2.05. The van der Waals surface area contributed by atoms with Crippen molar-refractivity contribution in [1.29, 1.82) is 0 Å². The van der Waals surface area contributed by atoms with Crippen LogP contribution in [-0.4, -0.2) is 43.1 Å². The number of nitrogens with one attached hydrogen (secondary N) is 2. The van der Waals surface area contributed by atoms with E-state index in [4.69, 9.17) is 23.2 Å². The van der Waals surface area contributed by atoms with E-state index < -0.39 is 0 Å². The van der Waals surface area contributed by atoms with Gasteiger partial charge in [-0.15, -0.1) is 0 Å². The predicted molar refractivity (Wildman–Crippen MR) is 98.3 cm³/mol. The van der Waals surface area contributed by atoms with Gasteiger partial charge in [0, 0.05) is 38.4 Å². The van der Waals surface area contributed by atoms with E-state index in [2.05, 4.69) is 20.6 Å². The van der Waals surface area contributed by atoms with E-state index in [-0.39, 0.29) is 11.1 Å². The zero-order valence-electron chi connectivity index (χ0n) is 13.5. The molecular formula is C16H19Cl2N5O. The fourth-order valence-corrected chi connectivity index (χ4v) is 2.15. The summed E-state index contributed by atoms with van der Waals surface area (Å²) in [7, 11) is 3.92. The zero-order valence-corrected chi connectivity index (χ0v) is 15.0. The van der Waals surface area contributed by atoms with E-state index in [9.17, 15) is 4.79 Å². The molecule has 0 unspecified atom stereocenters. The molecule has 1 heterocycles. The molecule has 0 saturated carbocycles. The molecule has 8 heteroatoms. The van der Waals surface area contributed by atoms with Crippen LogP contribution in [0.1, 0.15) is 16.8 Å². The average molecular weight is 368 g/mol. The van der Waals surface area contributed by atoms with Crippen LogP contribution >= 0.6 is 23.2 Å². The lowest BCUT2D eigenvalue weighted by Gasteiger charge is -2.12. The van der Waals surface area contributed by atoms with Crippen molar-refractivity contribution < 1.29 is 4.79 Å². The number of hydrogen-bond donors (Lipinski definition) is 2. The van der Waals surface area contributed by atoms with Crippen LogP contribution in [0.3, 0.4) is 0 Å². The first-order valence-corrected chi connectivity index (χ1v) is 8.20. The molecule has 0 saturated heterocycles. The van der Waals surface area contributed by atoms with Crippen LogP contribution in [-0.2, 0) is 0 Å². The first-order valence-electron chi connectivity index (χ1n) is 7.45. The Balaban J connectivity index is 1.71. The number of carbonyl (C=O) groups is 1. The fraction of sp³-hybridized carbons (Fsp3) is 0.312. The number of amides is 1. The molecule has 0 fully saturated rings. The number of anilines is 2. The molecular weight excluding hydrogens is 349 g/mol. The van der Waals surface area contributed by atoms with Crippen molar-refractivity contribution in [3.63, 3.8) is 0 Å². The van der Waals surface area contributed by atoms with Crippen LogP contribution in [0, 0.1) is 0 Å². The molecule has 1 aromatic carbocycles. The van der Waals surface area contributed by atoms with Crippen molar-refractivity contribution in [2.45, 2.75) is 6.42 Å². The highest BCUT2D eigenvalue weighted by Crippen LogP contribution is 2.18. The van der Waals surface area contributed by atoms with E-state index in [0.29, 0.717) is 29.6 Å². The van der Waals surface area contributed by atoms with Gasteiger partial charge in [0.05, 0.1) is 11.2 Å². The monoisotopic (exact) mass is 367 g/mol. The second kappa shape index (κ2) is 8.70. The summed E-state index contributed by atoms with van der Waals surface area (Å²) in [6.45, 7) is 1.15. The summed E-state index contributed by atoms with van der Waals surface area (Å²) < 4.78 is 0. The lowest BCUT2D eigenvalue weighted by Crippen LogP contribution is -2.26. The Morgan fingerprint density at radius 3 is 2.50 bits per heavy atom. The Labute approximate surface area is 151 Å². The Morgan fingerprint density at radius 2 is 1.88 bits per heavy atom. The van der Waals surface area contributed by atoms with Crippen molar-refractivity contribution >= 4 is 40.7 Å². The highest BCUT2D eigenvalue weighted by Gasteiger charge is 2.05. The van der Waals surface area contributed by atoms with E-state index in [0.717, 1.165) is 12.1 Å². The molecule has 6 nitrogen and oxygen atoms in total. The molecule has 128 valence electrons. The SMILES string of the molecule is CN(C)c1ccc(C(=O)NCCCNc2ncc(Cl)c(Cl)n2)cc1. The van der Waals surface area contributed by atoms with Gasteiger partial charge in [-0.2, -0.15) is 4.98 Å².